The molecular weight excluding hydrogens is 268 g/mol. The maximum atomic E-state index is 11.3. The van der Waals surface area contributed by atoms with Gasteiger partial charge in [0, 0.05) is 18.3 Å². The van der Waals surface area contributed by atoms with Gasteiger partial charge in [-0.1, -0.05) is 27.2 Å². The number of aliphatic hydroxyl groups is 1. The highest BCUT2D eigenvalue weighted by Gasteiger charge is 2.19. The number of aromatic nitrogens is 1. The number of carbonyl (C=O) groups is 1. The van der Waals surface area contributed by atoms with Crippen molar-refractivity contribution in [3.05, 3.63) is 23.4 Å². The quantitative estimate of drug-likeness (QED) is 0.732. The molecule has 0 aliphatic heterocycles. The lowest BCUT2D eigenvalue weighted by molar-refractivity contribution is 0.0696. The molecule has 0 aliphatic carbocycles. The monoisotopic (exact) mass is 294 g/mol. The lowest BCUT2D eigenvalue weighted by Crippen LogP contribution is -2.37. The zero-order valence-corrected chi connectivity index (χ0v) is 13.2. The van der Waals surface area contributed by atoms with E-state index in [1.54, 1.807) is 12.1 Å². The minimum atomic E-state index is -0.940. The number of nitrogens with zero attached hydrogens (tertiary/aromatic N) is 2. The summed E-state index contributed by atoms with van der Waals surface area (Å²) in [5.74, 6) is -0.286. The van der Waals surface area contributed by atoms with Gasteiger partial charge in [0.05, 0.1) is 12.2 Å². The van der Waals surface area contributed by atoms with Crippen molar-refractivity contribution in [3.63, 3.8) is 0 Å². The number of pyridine rings is 1. The summed E-state index contributed by atoms with van der Waals surface area (Å²) in [4.78, 5) is 17.9. The molecule has 0 spiro atoms. The summed E-state index contributed by atoms with van der Waals surface area (Å²) in [5, 5.41) is 18.6. The van der Waals surface area contributed by atoms with Crippen LogP contribution in [0.25, 0.3) is 0 Å². The fourth-order valence-corrected chi connectivity index (χ4v) is 2.55. The van der Waals surface area contributed by atoms with Crippen molar-refractivity contribution in [3.8, 4) is 0 Å². The van der Waals surface area contributed by atoms with Crippen LogP contribution in [-0.2, 0) is 6.42 Å². The van der Waals surface area contributed by atoms with Gasteiger partial charge in [0.15, 0.2) is 0 Å². The van der Waals surface area contributed by atoms with E-state index in [0.29, 0.717) is 12.4 Å². The van der Waals surface area contributed by atoms with Crippen LogP contribution < -0.4 is 4.90 Å². The minimum absolute atomic E-state index is 0.0264. The second-order valence-corrected chi connectivity index (χ2v) is 5.15. The molecule has 5 nitrogen and oxygen atoms in total. The largest absolute Gasteiger partial charge is 0.478 e. The summed E-state index contributed by atoms with van der Waals surface area (Å²) < 4.78 is 0. The Morgan fingerprint density at radius 1 is 1.29 bits per heavy atom. The van der Waals surface area contributed by atoms with Crippen LogP contribution in [0.1, 0.15) is 56.1 Å². The van der Waals surface area contributed by atoms with Crippen molar-refractivity contribution in [2.24, 2.45) is 0 Å². The van der Waals surface area contributed by atoms with Crippen LogP contribution in [0, 0.1) is 0 Å². The normalized spacial score (nSPS) is 10.9. The van der Waals surface area contributed by atoms with Crippen LogP contribution in [0.5, 0.6) is 0 Å². The highest BCUT2D eigenvalue weighted by molar-refractivity contribution is 5.88. The molecule has 2 N–H and O–H groups in total. The first kappa shape index (κ1) is 17.4. The Balaban J connectivity index is 3.24. The third-order valence-electron chi connectivity index (χ3n) is 3.64. The molecule has 0 aliphatic rings. The third kappa shape index (κ3) is 4.70. The van der Waals surface area contributed by atoms with Crippen molar-refractivity contribution in [1.29, 1.82) is 0 Å². The zero-order chi connectivity index (χ0) is 15.8. The molecule has 1 rings (SSSR count). The summed E-state index contributed by atoms with van der Waals surface area (Å²) in [5.41, 5.74) is 1.05. The second-order valence-electron chi connectivity index (χ2n) is 5.15. The summed E-state index contributed by atoms with van der Waals surface area (Å²) in [6.45, 7) is 6.72. The van der Waals surface area contributed by atoms with E-state index < -0.39 is 5.97 Å². The molecule has 5 heteroatoms. The third-order valence-corrected chi connectivity index (χ3v) is 3.64. The fraction of sp³-hybridized carbons (Fsp3) is 0.625. The molecule has 0 amide bonds. The molecule has 0 atom stereocenters. The summed E-state index contributed by atoms with van der Waals surface area (Å²) in [6.07, 6.45) is 3.53. The zero-order valence-electron chi connectivity index (χ0n) is 13.2. The Morgan fingerprint density at radius 2 is 1.95 bits per heavy atom. The lowest BCUT2D eigenvalue weighted by atomic mass is 10.1. The molecule has 21 heavy (non-hydrogen) atoms. The Kier molecular flexibility index (Phi) is 7.15. The van der Waals surface area contributed by atoms with Crippen LogP contribution in [0.4, 0.5) is 5.82 Å². The minimum Gasteiger partial charge on any atom is -0.478 e. The fourth-order valence-electron chi connectivity index (χ4n) is 2.55. The van der Waals surface area contributed by atoms with E-state index in [1.165, 1.54) is 0 Å². The number of hydrogen-bond donors (Lipinski definition) is 2. The van der Waals surface area contributed by atoms with Gasteiger partial charge in [-0.15, -0.1) is 0 Å². The van der Waals surface area contributed by atoms with E-state index >= 15 is 0 Å². The number of carboxylic acids is 1. The Bertz CT molecular complexity index is 459. The highest BCUT2D eigenvalue weighted by Crippen LogP contribution is 2.21. The Labute approximate surface area is 126 Å². The molecule has 0 aromatic carbocycles. The number of carboxylic acid groups (broad SMARTS) is 1. The molecule has 0 saturated heterocycles. The summed E-state index contributed by atoms with van der Waals surface area (Å²) >= 11 is 0. The average Bonchev–Trinajstić information content (AvgIpc) is 2.47. The molecule has 0 saturated carbocycles. The van der Waals surface area contributed by atoms with Crippen molar-refractivity contribution < 1.29 is 15.0 Å². The number of hydrogen-bond acceptors (Lipinski definition) is 4. The number of aryl methyl sites for hydroxylation is 1. The topological polar surface area (TPSA) is 73.7 Å². The predicted octanol–water partition coefficient (Wildman–Crippen LogP) is 2.72. The van der Waals surface area contributed by atoms with Crippen molar-refractivity contribution >= 4 is 11.8 Å². The van der Waals surface area contributed by atoms with Gasteiger partial charge < -0.3 is 15.1 Å². The Morgan fingerprint density at radius 3 is 2.43 bits per heavy atom. The standard InChI is InChI=1S/C16H26N2O3/c1-4-7-13-10-12(16(20)21)11-15(17-13)18(8-9-19)14(5-2)6-3/h10-11,14,19H,4-9H2,1-3H3,(H,20,21). The molecule has 0 unspecified atom stereocenters. The van der Waals surface area contributed by atoms with Crippen molar-refractivity contribution in [1.82, 2.24) is 4.98 Å². The number of rotatable bonds is 9. The van der Waals surface area contributed by atoms with E-state index in [2.05, 4.69) is 18.8 Å². The van der Waals surface area contributed by atoms with Gasteiger partial charge >= 0.3 is 5.97 Å². The van der Waals surface area contributed by atoms with Gasteiger partial charge in [-0.2, -0.15) is 0 Å². The van der Waals surface area contributed by atoms with Crippen molar-refractivity contribution in [2.45, 2.75) is 52.5 Å². The molecule has 0 bridgehead atoms. The highest BCUT2D eigenvalue weighted by atomic mass is 16.4. The van der Waals surface area contributed by atoms with Crippen LogP contribution in [0.3, 0.4) is 0 Å². The van der Waals surface area contributed by atoms with Crippen LogP contribution in [-0.4, -0.2) is 40.4 Å². The van der Waals surface area contributed by atoms with E-state index in [4.69, 9.17) is 0 Å². The second kappa shape index (κ2) is 8.62. The van der Waals surface area contributed by atoms with E-state index in [1.807, 2.05) is 11.8 Å². The Hall–Kier alpha value is -1.62. The molecule has 1 aromatic rings. The first-order chi connectivity index (χ1) is 10.1. The van der Waals surface area contributed by atoms with Gasteiger partial charge in [-0.05, 0) is 31.4 Å². The van der Waals surface area contributed by atoms with Crippen molar-refractivity contribution in [2.75, 3.05) is 18.1 Å². The molecular formula is C16H26N2O3. The van der Waals surface area contributed by atoms with Crippen LogP contribution >= 0.6 is 0 Å². The number of anilines is 1. The first-order valence-electron chi connectivity index (χ1n) is 7.69. The molecule has 118 valence electrons. The van der Waals surface area contributed by atoms with E-state index in [9.17, 15) is 15.0 Å². The molecule has 0 fully saturated rings. The van der Waals surface area contributed by atoms with Gasteiger partial charge in [-0.25, -0.2) is 9.78 Å². The SMILES string of the molecule is CCCc1cc(C(=O)O)cc(N(CCO)C(CC)CC)n1. The summed E-state index contributed by atoms with van der Waals surface area (Å²) in [7, 11) is 0. The maximum absolute atomic E-state index is 11.3. The molecule has 0 radical (unpaired) electrons. The number of aliphatic hydroxyl groups excluding tert-OH is 1. The number of aromatic carboxylic acids is 1. The van der Waals surface area contributed by atoms with Crippen LogP contribution in [0.15, 0.2) is 12.1 Å². The maximum Gasteiger partial charge on any atom is 0.335 e. The predicted molar refractivity (Wildman–Crippen MR) is 84.0 cm³/mol. The molecule has 1 heterocycles. The van der Waals surface area contributed by atoms with Crippen LogP contribution in [0.2, 0.25) is 0 Å². The van der Waals surface area contributed by atoms with E-state index in [-0.39, 0.29) is 18.2 Å². The average molecular weight is 294 g/mol. The molecule has 1 aromatic heterocycles. The van der Waals surface area contributed by atoms with Gasteiger partial charge in [0.25, 0.3) is 0 Å². The smallest absolute Gasteiger partial charge is 0.335 e. The van der Waals surface area contributed by atoms with Gasteiger partial charge in [-0.3, -0.25) is 0 Å². The summed E-state index contributed by atoms with van der Waals surface area (Å²) in [6, 6.07) is 3.50. The van der Waals surface area contributed by atoms with E-state index in [0.717, 1.165) is 31.4 Å². The first-order valence-corrected chi connectivity index (χ1v) is 7.69. The lowest BCUT2D eigenvalue weighted by Gasteiger charge is -2.31. The van der Waals surface area contributed by atoms with Gasteiger partial charge in [0.1, 0.15) is 5.82 Å². The van der Waals surface area contributed by atoms with Gasteiger partial charge in [0.2, 0.25) is 0 Å².